The second-order valence-corrected chi connectivity index (χ2v) is 7.35. The number of methoxy groups -OCH3 is 1. The van der Waals surface area contributed by atoms with Crippen LogP contribution >= 0.6 is 35.3 Å². The molecular formula is C20H30FIN4O2S. The Bertz CT molecular complexity index is 774. The number of aromatic nitrogens is 1. The quantitative estimate of drug-likeness (QED) is 0.291. The summed E-state index contributed by atoms with van der Waals surface area (Å²) in [5.41, 5.74) is 0.965. The second-order valence-electron chi connectivity index (χ2n) is 6.46. The topological polar surface area (TPSA) is 59.0 Å². The number of thiazole rings is 1. The van der Waals surface area contributed by atoms with Crippen molar-refractivity contribution in [3.8, 4) is 5.75 Å². The molecule has 0 aliphatic rings. The zero-order chi connectivity index (χ0) is 20.5. The number of benzene rings is 1. The molecule has 0 amide bonds. The molecule has 9 heteroatoms. The lowest BCUT2D eigenvalue weighted by Gasteiger charge is -2.22. The fraction of sp³-hybridized carbons (Fsp3) is 0.500. The SMILES string of the molecule is CCNC(=NCC(C)Oc1ccccc1F)N(C)Cc1csc(C(C)OC)n1.I. The molecule has 1 N–H and O–H groups in total. The number of para-hydroxylation sites is 1. The number of aliphatic imine (C=N–C) groups is 1. The second kappa shape index (κ2) is 13.0. The van der Waals surface area contributed by atoms with Gasteiger partial charge in [-0.1, -0.05) is 12.1 Å². The molecule has 1 aromatic heterocycles. The molecule has 0 aliphatic heterocycles. The Balaban J connectivity index is 0.00000420. The van der Waals surface area contributed by atoms with Gasteiger partial charge in [-0.3, -0.25) is 0 Å². The maximum atomic E-state index is 13.7. The van der Waals surface area contributed by atoms with Crippen LogP contribution in [0.5, 0.6) is 5.75 Å². The highest BCUT2D eigenvalue weighted by molar-refractivity contribution is 14.0. The van der Waals surface area contributed by atoms with Gasteiger partial charge in [0, 0.05) is 26.1 Å². The highest BCUT2D eigenvalue weighted by atomic mass is 127. The molecule has 0 radical (unpaired) electrons. The molecule has 1 aromatic carbocycles. The molecule has 0 spiro atoms. The summed E-state index contributed by atoms with van der Waals surface area (Å²) >= 11 is 1.59. The smallest absolute Gasteiger partial charge is 0.194 e. The summed E-state index contributed by atoms with van der Waals surface area (Å²) in [6, 6.07) is 6.39. The van der Waals surface area contributed by atoms with Gasteiger partial charge in [-0.15, -0.1) is 35.3 Å². The van der Waals surface area contributed by atoms with Crippen LogP contribution in [0.25, 0.3) is 0 Å². The number of nitrogens with zero attached hydrogens (tertiary/aromatic N) is 3. The molecule has 0 saturated carbocycles. The van der Waals surface area contributed by atoms with E-state index >= 15 is 0 Å². The third kappa shape index (κ3) is 8.06. The van der Waals surface area contributed by atoms with Crippen molar-refractivity contribution in [1.82, 2.24) is 15.2 Å². The lowest BCUT2D eigenvalue weighted by atomic mass is 10.3. The molecule has 2 unspecified atom stereocenters. The number of guanidine groups is 1. The van der Waals surface area contributed by atoms with E-state index in [9.17, 15) is 4.39 Å². The Labute approximate surface area is 193 Å². The van der Waals surface area contributed by atoms with Gasteiger partial charge in [-0.25, -0.2) is 14.4 Å². The molecule has 2 aromatic rings. The van der Waals surface area contributed by atoms with E-state index in [-0.39, 0.29) is 47.8 Å². The normalized spacial score (nSPS) is 13.4. The number of nitrogens with one attached hydrogen (secondary N) is 1. The maximum Gasteiger partial charge on any atom is 0.194 e. The molecule has 0 aliphatic carbocycles. The molecule has 2 atom stereocenters. The summed E-state index contributed by atoms with van der Waals surface area (Å²) in [5.74, 6) is 0.624. The third-order valence-electron chi connectivity index (χ3n) is 4.03. The van der Waals surface area contributed by atoms with Crippen LogP contribution in [-0.4, -0.2) is 49.2 Å². The van der Waals surface area contributed by atoms with Gasteiger partial charge in [0.05, 0.1) is 18.8 Å². The van der Waals surface area contributed by atoms with Crippen LogP contribution in [0.4, 0.5) is 4.39 Å². The van der Waals surface area contributed by atoms with Crippen molar-refractivity contribution in [2.75, 3.05) is 27.2 Å². The zero-order valence-corrected chi connectivity index (χ0v) is 20.7. The summed E-state index contributed by atoms with van der Waals surface area (Å²) in [7, 11) is 3.64. The highest BCUT2D eigenvalue weighted by Crippen LogP contribution is 2.21. The monoisotopic (exact) mass is 536 g/mol. The van der Waals surface area contributed by atoms with Gasteiger partial charge in [0.2, 0.25) is 0 Å². The summed E-state index contributed by atoms with van der Waals surface area (Å²) in [4.78, 5) is 11.3. The number of hydrogen-bond acceptors (Lipinski definition) is 5. The summed E-state index contributed by atoms with van der Waals surface area (Å²) in [6.45, 7) is 7.65. The minimum absolute atomic E-state index is 0. The highest BCUT2D eigenvalue weighted by Gasteiger charge is 2.14. The molecule has 1 heterocycles. The fourth-order valence-electron chi connectivity index (χ4n) is 2.48. The van der Waals surface area contributed by atoms with Crippen LogP contribution in [0.2, 0.25) is 0 Å². The van der Waals surface area contributed by atoms with Crippen molar-refractivity contribution in [2.24, 2.45) is 4.99 Å². The zero-order valence-electron chi connectivity index (χ0n) is 17.5. The van der Waals surface area contributed by atoms with E-state index in [1.807, 2.05) is 38.1 Å². The molecule has 0 saturated heterocycles. The molecule has 6 nitrogen and oxygen atoms in total. The first-order valence-electron chi connectivity index (χ1n) is 9.32. The van der Waals surface area contributed by atoms with Crippen molar-refractivity contribution >= 4 is 41.3 Å². The molecular weight excluding hydrogens is 506 g/mol. The van der Waals surface area contributed by atoms with Gasteiger partial charge < -0.3 is 19.7 Å². The first-order valence-corrected chi connectivity index (χ1v) is 10.2. The minimum Gasteiger partial charge on any atom is -0.486 e. The number of ether oxygens (including phenoxy) is 2. The van der Waals surface area contributed by atoms with E-state index in [2.05, 4.69) is 15.3 Å². The van der Waals surface area contributed by atoms with Crippen LogP contribution < -0.4 is 10.1 Å². The summed E-state index contributed by atoms with van der Waals surface area (Å²) in [5, 5.41) is 6.27. The predicted octanol–water partition coefficient (Wildman–Crippen LogP) is 4.47. The first-order chi connectivity index (χ1) is 13.4. The number of rotatable bonds is 9. The van der Waals surface area contributed by atoms with Gasteiger partial charge in [-0.2, -0.15) is 0 Å². The molecule has 2 rings (SSSR count). The van der Waals surface area contributed by atoms with Crippen molar-refractivity contribution in [3.63, 3.8) is 0 Å². The summed E-state index contributed by atoms with van der Waals surface area (Å²) in [6.07, 6.45) is -0.269. The fourth-order valence-corrected chi connectivity index (χ4v) is 3.32. The van der Waals surface area contributed by atoms with Crippen LogP contribution in [0.15, 0.2) is 34.6 Å². The van der Waals surface area contributed by atoms with Gasteiger partial charge in [-0.05, 0) is 32.9 Å². The van der Waals surface area contributed by atoms with Gasteiger partial charge in [0.1, 0.15) is 17.2 Å². The van der Waals surface area contributed by atoms with Crippen molar-refractivity contribution in [1.29, 1.82) is 0 Å². The lowest BCUT2D eigenvalue weighted by molar-refractivity contribution is 0.119. The molecule has 0 fully saturated rings. The van der Waals surface area contributed by atoms with Crippen LogP contribution in [0.3, 0.4) is 0 Å². The van der Waals surface area contributed by atoms with E-state index in [0.29, 0.717) is 13.1 Å². The van der Waals surface area contributed by atoms with E-state index in [1.54, 1.807) is 36.6 Å². The van der Waals surface area contributed by atoms with E-state index < -0.39 is 0 Å². The Morgan fingerprint density at radius 2 is 2.07 bits per heavy atom. The van der Waals surface area contributed by atoms with Crippen molar-refractivity contribution in [2.45, 2.75) is 39.5 Å². The van der Waals surface area contributed by atoms with E-state index in [0.717, 1.165) is 23.2 Å². The van der Waals surface area contributed by atoms with Gasteiger partial charge in [0.15, 0.2) is 17.5 Å². The van der Waals surface area contributed by atoms with Crippen LogP contribution in [-0.2, 0) is 11.3 Å². The van der Waals surface area contributed by atoms with Crippen LogP contribution in [0, 0.1) is 5.82 Å². The van der Waals surface area contributed by atoms with Gasteiger partial charge >= 0.3 is 0 Å². The third-order valence-corrected chi connectivity index (χ3v) is 5.08. The number of hydrogen-bond donors (Lipinski definition) is 1. The maximum absolute atomic E-state index is 13.7. The summed E-state index contributed by atoms with van der Waals surface area (Å²) < 4.78 is 24.7. The Kier molecular flexibility index (Phi) is 11.4. The number of halogens is 2. The Morgan fingerprint density at radius 3 is 2.72 bits per heavy atom. The predicted molar refractivity (Wildman–Crippen MR) is 127 cm³/mol. The largest absolute Gasteiger partial charge is 0.486 e. The lowest BCUT2D eigenvalue weighted by Crippen LogP contribution is -2.39. The standard InChI is InChI=1S/C20H29FN4O2S.HI/c1-6-22-20(23-11-14(2)27-18-10-8-7-9-17(18)21)25(4)12-16-13-28-19(24-16)15(3)26-5;/h7-10,13-15H,6,11-12H2,1-5H3,(H,22,23);1H. The molecule has 29 heavy (non-hydrogen) atoms. The molecule has 0 bridgehead atoms. The Morgan fingerprint density at radius 1 is 1.34 bits per heavy atom. The molecule has 162 valence electrons. The average Bonchev–Trinajstić information content (AvgIpc) is 3.14. The van der Waals surface area contributed by atoms with Gasteiger partial charge in [0.25, 0.3) is 0 Å². The Hall–Kier alpha value is -1.46. The van der Waals surface area contributed by atoms with E-state index in [4.69, 9.17) is 9.47 Å². The van der Waals surface area contributed by atoms with Crippen molar-refractivity contribution < 1.29 is 13.9 Å². The van der Waals surface area contributed by atoms with Crippen LogP contribution in [0.1, 0.15) is 37.6 Å². The minimum atomic E-state index is -0.369. The van der Waals surface area contributed by atoms with E-state index in [1.165, 1.54) is 6.07 Å². The van der Waals surface area contributed by atoms with Crippen molar-refractivity contribution in [3.05, 3.63) is 46.2 Å². The first kappa shape index (κ1) is 25.6. The average molecular weight is 536 g/mol.